The maximum atomic E-state index is 12.2. The quantitative estimate of drug-likeness (QED) is 0.734. The molecule has 4 nitrogen and oxygen atoms in total. The predicted molar refractivity (Wildman–Crippen MR) is 101 cm³/mol. The highest BCUT2D eigenvalue weighted by atomic mass is 32.1. The van der Waals surface area contributed by atoms with Crippen LogP contribution in [0.25, 0.3) is 0 Å². The lowest BCUT2D eigenvalue weighted by Gasteiger charge is -2.28. The first-order valence-corrected chi connectivity index (χ1v) is 9.74. The Hall–Kier alpha value is -1.98. The number of rotatable bonds is 8. The summed E-state index contributed by atoms with van der Waals surface area (Å²) in [6.07, 6.45) is 2.95. The molecule has 1 fully saturated rings. The van der Waals surface area contributed by atoms with Crippen LogP contribution < -0.4 is 5.32 Å². The molecule has 0 spiro atoms. The van der Waals surface area contributed by atoms with E-state index >= 15 is 0 Å². The summed E-state index contributed by atoms with van der Waals surface area (Å²) in [6, 6.07) is 14.2. The molecule has 0 radical (unpaired) electrons. The number of carbonyl (C=O) groups excluding carboxylic acids is 2. The lowest BCUT2D eigenvalue weighted by Crippen LogP contribution is -2.36. The second-order valence-corrected chi connectivity index (χ2v) is 7.32. The molecule has 25 heavy (non-hydrogen) atoms. The van der Waals surface area contributed by atoms with Gasteiger partial charge in [0.25, 0.3) is 0 Å². The van der Waals surface area contributed by atoms with Crippen molar-refractivity contribution in [2.75, 3.05) is 19.6 Å². The minimum atomic E-state index is -0.0509. The number of Topliss-reactive ketones (excluding diaryl/α,β-unsaturated/α-hetero) is 1. The molecule has 1 aliphatic rings. The van der Waals surface area contributed by atoms with Gasteiger partial charge in [-0.2, -0.15) is 0 Å². The molecule has 1 saturated heterocycles. The molecule has 1 aromatic carbocycles. The molecule has 5 heteroatoms. The first kappa shape index (κ1) is 17.8. The summed E-state index contributed by atoms with van der Waals surface area (Å²) in [5, 5.41) is 4.91. The maximum absolute atomic E-state index is 12.2. The molecule has 2 heterocycles. The molecule has 1 aliphatic heterocycles. The minimum absolute atomic E-state index is 0.0457. The molecule has 1 unspecified atom stereocenters. The van der Waals surface area contributed by atoms with Crippen molar-refractivity contribution < 1.29 is 9.59 Å². The molecule has 0 bridgehead atoms. The second kappa shape index (κ2) is 8.92. The number of benzene rings is 1. The maximum Gasteiger partial charge on any atom is 0.220 e. The Kier molecular flexibility index (Phi) is 6.36. The summed E-state index contributed by atoms with van der Waals surface area (Å²) in [4.78, 5) is 27.4. The average molecular weight is 356 g/mol. The van der Waals surface area contributed by atoms with E-state index in [0.717, 1.165) is 18.0 Å². The number of thiophene rings is 1. The molecule has 3 rings (SSSR count). The van der Waals surface area contributed by atoms with Crippen molar-refractivity contribution in [1.82, 2.24) is 10.2 Å². The van der Waals surface area contributed by atoms with E-state index in [9.17, 15) is 9.59 Å². The van der Waals surface area contributed by atoms with E-state index in [0.29, 0.717) is 6.54 Å². The number of carbonyl (C=O) groups is 2. The number of hydrogen-bond donors (Lipinski definition) is 1. The summed E-state index contributed by atoms with van der Waals surface area (Å²) in [7, 11) is 0. The van der Waals surface area contributed by atoms with Gasteiger partial charge in [0.15, 0.2) is 5.78 Å². The largest absolute Gasteiger partial charge is 0.354 e. The van der Waals surface area contributed by atoms with Crippen LogP contribution in [-0.2, 0) is 4.79 Å². The fourth-order valence-electron chi connectivity index (χ4n) is 3.27. The fraction of sp³-hybridized carbons (Fsp3) is 0.400. The SMILES string of the molecule is O=C(CCC(=O)c1cccs1)NCC(c1ccccc1)N1CCCC1. The number of hydrogen-bond acceptors (Lipinski definition) is 4. The summed E-state index contributed by atoms with van der Waals surface area (Å²) < 4.78 is 0. The Morgan fingerprint density at radius 1 is 1.04 bits per heavy atom. The first-order valence-electron chi connectivity index (χ1n) is 8.86. The molecule has 132 valence electrons. The van der Waals surface area contributed by atoms with Gasteiger partial charge in [0.1, 0.15) is 0 Å². The van der Waals surface area contributed by atoms with E-state index < -0.39 is 0 Å². The number of nitrogens with zero attached hydrogens (tertiary/aromatic N) is 1. The van der Waals surface area contributed by atoms with Gasteiger partial charge in [0, 0.05) is 19.4 Å². The van der Waals surface area contributed by atoms with Crippen molar-refractivity contribution >= 4 is 23.0 Å². The van der Waals surface area contributed by atoms with Crippen molar-refractivity contribution in [3.05, 3.63) is 58.3 Å². The molecule has 1 amide bonds. The van der Waals surface area contributed by atoms with Crippen LogP contribution in [0.1, 0.15) is 47.0 Å². The van der Waals surface area contributed by atoms with Crippen LogP contribution in [0.3, 0.4) is 0 Å². The van der Waals surface area contributed by atoms with Crippen LogP contribution in [0.5, 0.6) is 0 Å². The normalized spacial score (nSPS) is 15.8. The van der Waals surface area contributed by atoms with Crippen LogP contribution in [0.15, 0.2) is 47.8 Å². The van der Waals surface area contributed by atoms with Gasteiger partial charge in [0.05, 0.1) is 10.9 Å². The highest BCUT2D eigenvalue weighted by molar-refractivity contribution is 7.12. The highest BCUT2D eigenvalue weighted by Gasteiger charge is 2.23. The summed E-state index contributed by atoms with van der Waals surface area (Å²) in [6.45, 7) is 2.74. The van der Waals surface area contributed by atoms with Gasteiger partial charge in [-0.15, -0.1) is 11.3 Å². The fourth-order valence-corrected chi connectivity index (χ4v) is 3.97. The molecule has 2 aromatic rings. The number of nitrogens with one attached hydrogen (secondary N) is 1. The van der Waals surface area contributed by atoms with Gasteiger partial charge in [-0.1, -0.05) is 36.4 Å². The number of likely N-dealkylation sites (tertiary alicyclic amines) is 1. The van der Waals surface area contributed by atoms with Gasteiger partial charge in [-0.25, -0.2) is 0 Å². The van der Waals surface area contributed by atoms with Gasteiger partial charge in [-0.3, -0.25) is 14.5 Å². The highest BCUT2D eigenvalue weighted by Crippen LogP contribution is 2.24. The Labute approximate surface area is 152 Å². The number of amides is 1. The molecular formula is C20H24N2O2S. The first-order chi connectivity index (χ1) is 12.2. The molecule has 1 aromatic heterocycles. The van der Waals surface area contributed by atoms with E-state index in [4.69, 9.17) is 0 Å². The van der Waals surface area contributed by atoms with E-state index in [-0.39, 0.29) is 30.6 Å². The second-order valence-electron chi connectivity index (χ2n) is 6.37. The summed E-state index contributed by atoms with van der Waals surface area (Å²) in [5.74, 6) is -0.00524. The third kappa shape index (κ3) is 5.00. The van der Waals surface area contributed by atoms with E-state index in [1.165, 1.54) is 29.7 Å². The zero-order valence-electron chi connectivity index (χ0n) is 14.3. The van der Waals surface area contributed by atoms with Gasteiger partial charge >= 0.3 is 0 Å². The Balaban J connectivity index is 1.52. The lowest BCUT2D eigenvalue weighted by molar-refractivity contribution is -0.121. The average Bonchev–Trinajstić information content (AvgIpc) is 3.34. The molecule has 0 saturated carbocycles. The summed E-state index contributed by atoms with van der Waals surface area (Å²) >= 11 is 1.43. The van der Waals surface area contributed by atoms with Crippen LogP contribution in [0.2, 0.25) is 0 Å². The Morgan fingerprint density at radius 2 is 1.80 bits per heavy atom. The van der Waals surface area contributed by atoms with Crippen molar-refractivity contribution in [2.45, 2.75) is 31.7 Å². The standard InChI is InChI=1S/C20H24N2O2S/c23-18(19-9-6-14-25-19)10-11-20(24)21-15-17(22-12-4-5-13-22)16-7-2-1-3-8-16/h1-3,6-9,14,17H,4-5,10-13,15H2,(H,21,24). The van der Waals surface area contributed by atoms with Gasteiger partial charge in [-0.05, 0) is 42.9 Å². The lowest BCUT2D eigenvalue weighted by atomic mass is 10.1. The van der Waals surface area contributed by atoms with Crippen molar-refractivity contribution in [1.29, 1.82) is 0 Å². The molecule has 0 aliphatic carbocycles. The Bertz CT molecular complexity index is 679. The predicted octanol–water partition coefficient (Wildman–Crippen LogP) is 3.66. The monoisotopic (exact) mass is 356 g/mol. The number of ketones is 1. The van der Waals surface area contributed by atoms with Crippen LogP contribution in [0, 0.1) is 0 Å². The van der Waals surface area contributed by atoms with Gasteiger partial charge in [0.2, 0.25) is 5.91 Å². The van der Waals surface area contributed by atoms with Crippen molar-refractivity contribution in [3.8, 4) is 0 Å². The topological polar surface area (TPSA) is 49.4 Å². The summed E-state index contributed by atoms with van der Waals surface area (Å²) in [5.41, 5.74) is 1.24. The van der Waals surface area contributed by atoms with Crippen LogP contribution in [0.4, 0.5) is 0 Å². The minimum Gasteiger partial charge on any atom is -0.354 e. The molecule has 1 N–H and O–H groups in total. The van der Waals surface area contributed by atoms with E-state index in [1.807, 2.05) is 35.7 Å². The van der Waals surface area contributed by atoms with Crippen molar-refractivity contribution in [2.24, 2.45) is 0 Å². The van der Waals surface area contributed by atoms with Crippen LogP contribution >= 0.6 is 11.3 Å². The van der Waals surface area contributed by atoms with Crippen molar-refractivity contribution in [3.63, 3.8) is 0 Å². The Morgan fingerprint density at radius 3 is 2.48 bits per heavy atom. The zero-order valence-corrected chi connectivity index (χ0v) is 15.1. The third-order valence-electron chi connectivity index (χ3n) is 4.63. The van der Waals surface area contributed by atoms with E-state index in [1.54, 1.807) is 0 Å². The molecular weight excluding hydrogens is 332 g/mol. The zero-order chi connectivity index (χ0) is 17.5. The molecule has 1 atom stereocenters. The van der Waals surface area contributed by atoms with Gasteiger partial charge < -0.3 is 5.32 Å². The van der Waals surface area contributed by atoms with E-state index in [2.05, 4.69) is 22.3 Å². The third-order valence-corrected chi connectivity index (χ3v) is 5.54. The smallest absolute Gasteiger partial charge is 0.220 e. The van der Waals surface area contributed by atoms with Crippen LogP contribution in [-0.4, -0.2) is 36.2 Å².